The van der Waals surface area contributed by atoms with Crippen LogP contribution in [0.25, 0.3) is 17.1 Å². The first-order valence-corrected chi connectivity index (χ1v) is 10.6. The number of anilines is 1. The van der Waals surface area contributed by atoms with Gasteiger partial charge in [0.2, 0.25) is 0 Å². The zero-order valence-electron chi connectivity index (χ0n) is 17.8. The molecule has 0 bridgehead atoms. The number of halogens is 5. The van der Waals surface area contributed by atoms with Gasteiger partial charge in [-0.2, -0.15) is 17.9 Å². The number of para-hydroxylation sites is 1. The predicted octanol–water partition coefficient (Wildman–Crippen LogP) is 5.81. The fourth-order valence-electron chi connectivity index (χ4n) is 3.30. The fourth-order valence-corrected chi connectivity index (χ4v) is 3.85. The molecule has 0 unspecified atom stereocenters. The first-order chi connectivity index (χ1) is 16.6. The lowest BCUT2D eigenvalue weighted by atomic mass is 10.1. The molecule has 35 heavy (non-hydrogen) atoms. The molecule has 1 aromatic heterocycles. The third kappa shape index (κ3) is 5.03. The first kappa shape index (κ1) is 24.4. The summed E-state index contributed by atoms with van der Waals surface area (Å²) in [6.07, 6.45) is -4.55. The highest BCUT2D eigenvalue weighted by molar-refractivity contribution is 6.37. The Hall–Kier alpha value is -3.76. The minimum absolute atomic E-state index is 0.0318. The van der Waals surface area contributed by atoms with Gasteiger partial charge in [0.05, 0.1) is 28.3 Å². The molecule has 12 heteroatoms. The summed E-state index contributed by atoms with van der Waals surface area (Å²) < 4.78 is 45.2. The van der Waals surface area contributed by atoms with Crippen molar-refractivity contribution in [3.8, 4) is 22.8 Å². The molecule has 0 aliphatic heterocycles. The van der Waals surface area contributed by atoms with Crippen LogP contribution in [0.1, 0.15) is 15.9 Å². The number of methoxy groups -OCH3 is 1. The van der Waals surface area contributed by atoms with Gasteiger partial charge in [-0.25, -0.2) is 4.79 Å². The molecule has 180 valence electrons. The lowest BCUT2D eigenvalue weighted by Crippen LogP contribution is -2.16. The van der Waals surface area contributed by atoms with Crippen molar-refractivity contribution in [1.29, 1.82) is 0 Å². The number of nitrogens with one attached hydrogen (secondary N) is 2. The topological polar surface area (TPSA) is 89.0 Å². The van der Waals surface area contributed by atoms with E-state index in [-0.39, 0.29) is 38.6 Å². The number of aromatic nitrogens is 3. The van der Waals surface area contributed by atoms with E-state index < -0.39 is 23.3 Å². The Labute approximate surface area is 206 Å². The number of carbonyl (C=O) groups excluding carboxylic acids is 1. The monoisotopic (exact) mass is 522 g/mol. The van der Waals surface area contributed by atoms with Crippen LogP contribution in [-0.4, -0.2) is 27.8 Å². The van der Waals surface area contributed by atoms with Crippen LogP contribution in [0.5, 0.6) is 5.75 Å². The second-order valence-corrected chi connectivity index (χ2v) is 8.02. The first-order valence-electron chi connectivity index (χ1n) is 9.89. The van der Waals surface area contributed by atoms with Crippen LogP contribution in [0.2, 0.25) is 10.0 Å². The number of rotatable bonds is 5. The molecule has 3 aromatic carbocycles. The number of H-pyrrole nitrogens is 1. The van der Waals surface area contributed by atoms with Gasteiger partial charge in [0.15, 0.2) is 5.82 Å². The standard InChI is InChI=1S/C23H15Cl2F3N4O3/c1-35-18-10-12(20-30-22(34)32(31-20)19-16(24)6-3-7-17(19)25)8-9-15(18)21(33)29-14-5-2-4-13(11-14)23(26,27)28/h2-11H,1H3,(H,29,33)(H,30,31,34). The molecule has 0 atom stereocenters. The highest BCUT2D eigenvalue weighted by Gasteiger charge is 2.30. The Balaban J connectivity index is 1.65. The molecule has 0 saturated heterocycles. The van der Waals surface area contributed by atoms with Gasteiger partial charge in [0.25, 0.3) is 5.91 Å². The third-order valence-corrected chi connectivity index (χ3v) is 5.54. The summed E-state index contributed by atoms with van der Waals surface area (Å²) in [4.78, 5) is 27.8. The predicted molar refractivity (Wildman–Crippen MR) is 126 cm³/mol. The van der Waals surface area contributed by atoms with Gasteiger partial charge in [-0.05, 0) is 42.5 Å². The van der Waals surface area contributed by atoms with E-state index in [1.165, 1.54) is 37.4 Å². The summed E-state index contributed by atoms with van der Waals surface area (Å²) in [5, 5.41) is 7.10. The Morgan fingerprint density at radius 2 is 1.74 bits per heavy atom. The van der Waals surface area contributed by atoms with Gasteiger partial charge in [-0.3, -0.25) is 9.78 Å². The summed E-state index contributed by atoms with van der Waals surface area (Å²) in [7, 11) is 1.32. The molecule has 4 aromatic rings. The number of hydrogen-bond acceptors (Lipinski definition) is 4. The minimum atomic E-state index is -4.55. The maximum Gasteiger partial charge on any atom is 0.416 e. The Morgan fingerprint density at radius 3 is 2.40 bits per heavy atom. The molecular formula is C23H15Cl2F3N4O3. The zero-order valence-corrected chi connectivity index (χ0v) is 19.3. The third-order valence-electron chi connectivity index (χ3n) is 4.93. The largest absolute Gasteiger partial charge is 0.496 e. The summed E-state index contributed by atoms with van der Waals surface area (Å²) in [5.74, 6) is -0.429. The second kappa shape index (κ2) is 9.47. The van der Waals surface area contributed by atoms with Crippen molar-refractivity contribution in [2.24, 2.45) is 0 Å². The number of amides is 1. The molecule has 0 aliphatic rings. The van der Waals surface area contributed by atoms with Crippen molar-refractivity contribution in [3.63, 3.8) is 0 Å². The fraction of sp³-hybridized carbons (Fsp3) is 0.0870. The van der Waals surface area contributed by atoms with Crippen molar-refractivity contribution in [2.75, 3.05) is 12.4 Å². The van der Waals surface area contributed by atoms with Crippen LogP contribution in [0, 0.1) is 0 Å². The molecule has 0 radical (unpaired) electrons. The van der Waals surface area contributed by atoms with E-state index >= 15 is 0 Å². The van der Waals surface area contributed by atoms with E-state index in [2.05, 4.69) is 15.4 Å². The van der Waals surface area contributed by atoms with Crippen molar-refractivity contribution < 1.29 is 22.7 Å². The lowest BCUT2D eigenvalue weighted by Gasteiger charge is -2.12. The number of alkyl halides is 3. The van der Waals surface area contributed by atoms with Crippen LogP contribution in [0.4, 0.5) is 18.9 Å². The molecule has 1 heterocycles. The number of carbonyl (C=O) groups is 1. The summed E-state index contributed by atoms with van der Waals surface area (Å²) in [6.45, 7) is 0. The maximum atomic E-state index is 13.0. The van der Waals surface area contributed by atoms with E-state index in [9.17, 15) is 22.8 Å². The van der Waals surface area contributed by atoms with Crippen LogP contribution >= 0.6 is 23.2 Å². The van der Waals surface area contributed by atoms with E-state index in [1.807, 2.05) is 0 Å². The number of aromatic amines is 1. The zero-order chi connectivity index (χ0) is 25.3. The number of benzene rings is 3. The quantitative estimate of drug-likeness (QED) is 0.346. The van der Waals surface area contributed by atoms with Crippen molar-refractivity contribution in [3.05, 3.63) is 92.3 Å². The highest BCUT2D eigenvalue weighted by Crippen LogP contribution is 2.32. The van der Waals surface area contributed by atoms with E-state index in [4.69, 9.17) is 27.9 Å². The van der Waals surface area contributed by atoms with Gasteiger partial charge in [0, 0.05) is 11.3 Å². The van der Waals surface area contributed by atoms with E-state index in [0.29, 0.717) is 5.56 Å². The molecule has 0 fully saturated rings. The Bertz CT molecular complexity index is 1460. The number of hydrogen-bond donors (Lipinski definition) is 2. The summed E-state index contributed by atoms with van der Waals surface area (Å²) >= 11 is 12.3. The van der Waals surface area contributed by atoms with Crippen LogP contribution < -0.4 is 15.7 Å². The maximum absolute atomic E-state index is 13.0. The molecule has 0 saturated carbocycles. The Kier molecular flexibility index (Phi) is 6.60. The van der Waals surface area contributed by atoms with Gasteiger partial charge < -0.3 is 10.1 Å². The van der Waals surface area contributed by atoms with Crippen LogP contribution in [0.15, 0.2) is 65.5 Å². The van der Waals surface area contributed by atoms with Crippen molar-refractivity contribution in [2.45, 2.75) is 6.18 Å². The van der Waals surface area contributed by atoms with Crippen molar-refractivity contribution in [1.82, 2.24) is 14.8 Å². The van der Waals surface area contributed by atoms with Gasteiger partial charge in [0.1, 0.15) is 11.4 Å². The number of nitrogens with zero attached hydrogens (tertiary/aromatic N) is 2. The molecule has 0 spiro atoms. The molecule has 1 amide bonds. The summed E-state index contributed by atoms with van der Waals surface area (Å²) in [6, 6.07) is 13.4. The molecular weight excluding hydrogens is 508 g/mol. The van der Waals surface area contributed by atoms with E-state index in [0.717, 1.165) is 16.8 Å². The highest BCUT2D eigenvalue weighted by atomic mass is 35.5. The SMILES string of the molecule is COc1cc(-c2nn(-c3c(Cl)cccc3Cl)c(=O)[nH]2)ccc1C(=O)Nc1cccc(C(F)(F)F)c1. The normalized spacial score (nSPS) is 11.4. The average Bonchev–Trinajstić information content (AvgIpc) is 3.19. The van der Waals surface area contributed by atoms with E-state index in [1.54, 1.807) is 18.2 Å². The molecule has 4 rings (SSSR count). The lowest BCUT2D eigenvalue weighted by molar-refractivity contribution is -0.137. The average molecular weight is 523 g/mol. The molecule has 2 N–H and O–H groups in total. The smallest absolute Gasteiger partial charge is 0.416 e. The molecule has 0 aliphatic carbocycles. The van der Waals surface area contributed by atoms with Crippen LogP contribution in [0.3, 0.4) is 0 Å². The van der Waals surface area contributed by atoms with Crippen molar-refractivity contribution >= 4 is 34.8 Å². The second-order valence-electron chi connectivity index (χ2n) is 7.21. The van der Waals surface area contributed by atoms with Gasteiger partial charge in [-0.15, -0.1) is 5.10 Å². The number of ether oxygens (including phenoxy) is 1. The summed E-state index contributed by atoms with van der Waals surface area (Å²) in [5.41, 5.74) is -0.861. The molecule has 7 nitrogen and oxygen atoms in total. The van der Waals surface area contributed by atoms with Crippen LogP contribution in [-0.2, 0) is 6.18 Å². The Morgan fingerprint density at radius 1 is 1.06 bits per heavy atom. The van der Waals surface area contributed by atoms with Gasteiger partial charge >= 0.3 is 11.9 Å². The minimum Gasteiger partial charge on any atom is -0.496 e. The van der Waals surface area contributed by atoms with Gasteiger partial charge in [-0.1, -0.05) is 41.4 Å².